The minimum atomic E-state index is -4.51. The molecule has 2 aromatic rings. The van der Waals surface area contributed by atoms with E-state index in [0.29, 0.717) is 12.1 Å². The summed E-state index contributed by atoms with van der Waals surface area (Å²) in [4.78, 5) is 3.93. The van der Waals surface area contributed by atoms with Crippen molar-refractivity contribution in [3.63, 3.8) is 0 Å². The molecule has 1 unspecified atom stereocenters. The van der Waals surface area contributed by atoms with Crippen LogP contribution in [0.2, 0.25) is 0 Å². The molecule has 0 amide bonds. The second-order valence-electron chi connectivity index (χ2n) is 4.51. The molecular weight excluding hydrogens is 284 g/mol. The van der Waals surface area contributed by atoms with E-state index in [1.54, 1.807) is 25.3 Å². The monoisotopic (exact) mass is 298 g/mol. The average molecular weight is 298 g/mol. The van der Waals surface area contributed by atoms with Gasteiger partial charge in [0.15, 0.2) is 0 Å². The second kappa shape index (κ2) is 6.22. The average Bonchev–Trinajstić information content (AvgIpc) is 2.45. The molecule has 112 valence electrons. The van der Waals surface area contributed by atoms with Crippen LogP contribution in [-0.4, -0.2) is 11.5 Å². The summed E-state index contributed by atoms with van der Waals surface area (Å²) < 4.78 is 52.4. The summed E-state index contributed by atoms with van der Waals surface area (Å²) in [7, 11) is 0. The summed E-state index contributed by atoms with van der Waals surface area (Å²) in [6.07, 6.45) is -1.45. The Bertz CT molecular complexity index is 596. The Kier molecular flexibility index (Phi) is 4.57. The maximum absolute atomic E-state index is 14.0. The van der Waals surface area contributed by atoms with Crippen LogP contribution in [0.15, 0.2) is 42.7 Å². The molecule has 0 saturated heterocycles. The zero-order chi connectivity index (χ0) is 15.5. The zero-order valence-electron chi connectivity index (χ0n) is 11.3. The van der Waals surface area contributed by atoms with E-state index in [2.05, 4.69) is 10.3 Å². The Balaban J connectivity index is 2.50. The highest BCUT2D eigenvalue weighted by atomic mass is 19.4. The number of pyridine rings is 1. The molecule has 0 fully saturated rings. The number of rotatable bonds is 4. The van der Waals surface area contributed by atoms with Gasteiger partial charge in [-0.05, 0) is 36.4 Å². The quantitative estimate of drug-likeness (QED) is 0.865. The molecule has 2 nitrogen and oxygen atoms in total. The first-order valence-corrected chi connectivity index (χ1v) is 6.43. The highest BCUT2D eigenvalue weighted by molar-refractivity contribution is 5.35. The molecule has 1 N–H and O–H groups in total. The minimum Gasteiger partial charge on any atom is -0.306 e. The van der Waals surface area contributed by atoms with Gasteiger partial charge in [-0.1, -0.05) is 13.0 Å². The molecule has 6 heteroatoms. The molecule has 1 heterocycles. The highest BCUT2D eigenvalue weighted by Gasteiger charge is 2.32. The molecule has 1 atom stereocenters. The van der Waals surface area contributed by atoms with E-state index in [1.165, 1.54) is 6.20 Å². The van der Waals surface area contributed by atoms with E-state index < -0.39 is 23.6 Å². The number of aromatic nitrogens is 1. The van der Waals surface area contributed by atoms with Crippen molar-refractivity contribution in [2.45, 2.75) is 19.1 Å². The Morgan fingerprint density at radius 2 is 2.00 bits per heavy atom. The van der Waals surface area contributed by atoms with Crippen LogP contribution in [0.5, 0.6) is 0 Å². The Labute approximate surface area is 119 Å². The lowest BCUT2D eigenvalue weighted by Gasteiger charge is -2.20. The van der Waals surface area contributed by atoms with E-state index in [9.17, 15) is 17.6 Å². The van der Waals surface area contributed by atoms with Gasteiger partial charge in [0, 0.05) is 18.0 Å². The fourth-order valence-corrected chi connectivity index (χ4v) is 2.10. The molecular formula is C15H14F4N2. The predicted molar refractivity (Wildman–Crippen MR) is 71.2 cm³/mol. The predicted octanol–water partition coefficient (Wildman–Crippen LogP) is 3.94. The second-order valence-corrected chi connectivity index (χ2v) is 4.51. The van der Waals surface area contributed by atoms with Crippen molar-refractivity contribution in [2.75, 3.05) is 6.54 Å². The van der Waals surface area contributed by atoms with Gasteiger partial charge in [-0.2, -0.15) is 13.2 Å². The Morgan fingerprint density at radius 3 is 2.57 bits per heavy atom. The molecule has 0 bridgehead atoms. The van der Waals surface area contributed by atoms with E-state index in [4.69, 9.17) is 0 Å². The van der Waals surface area contributed by atoms with E-state index in [1.807, 2.05) is 0 Å². The smallest absolute Gasteiger partial charge is 0.306 e. The topological polar surface area (TPSA) is 24.9 Å². The fraction of sp³-hybridized carbons (Fsp3) is 0.267. The van der Waals surface area contributed by atoms with Crippen molar-refractivity contribution in [3.8, 4) is 0 Å². The number of halogens is 4. The van der Waals surface area contributed by atoms with Gasteiger partial charge in [0.1, 0.15) is 5.82 Å². The van der Waals surface area contributed by atoms with Crippen molar-refractivity contribution >= 4 is 0 Å². The summed E-state index contributed by atoms with van der Waals surface area (Å²) in [5, 5.41) is 2.99. The Morgan fingerprint density at radius 1 is 1.24 bits per heavy atom. The normalized spacial score (nSPS) is 13.2. The van der Waals surface area contributed by atoms with Crippen molar-refractivity contribution in [2.24, 2.45) is 0 Å². The molecule has 0 aliphatic heterocycles. The van der Waals surface area contributed by atoms with Gasteiger partial charge in [-0.3, -0.25) is 4.98 Å². The third-order valence-corrected chi connectivity index (χ3v) is 3.06. The number of benzene rings is 1. The van der Waals surface area contributed by atoms with Gasteiger partial charge in [0.2, 0.25) is 0 Å². The molecule has 0 aliphatic rings. The molecule has 1 aromatic heterocycles. The highest BCUT2D eigenvalue weighted by Crippen LogP contribution is 2.33. The summed E-state index contributed by atoms with van der Waals surface area (Å²) >= 11 is 0. The SMILES string of the molecule is CCNC(c1cccnc1)c1cc(C(F)(F)F)ccc1F. The lowest BCUT2D eigenvalue weighted by molar-refractivity contribution is -0.137. The third-order valence-electron chi connectivity index (χ3n) is 3.06. The van der Waals surface area contributed by atoms with Crippen LogP contribution < -0.4 is 5.32 Å². The number of alkyl halides is 3. The van der Waals surface area contributed by atoms with Crippen LogP contribution in [0.3, 0.4) is 0 Å². The van der Waals surface area contributed by atoms with Gasteiger partial charge in [0.05, 0.1) is 11.6 Å². The molecule has 0 aliphatic carbocycles. The van der Waals surface area contributed by atoms with Crippen molar-refractivity contribution in [1.29, 1.82) is 0 Å². The molecule has 0 spiro atoms. The standard InChI is InChI=1S/C15H14F4N2/c1-2-21-14(10-4-3-7-20-9-10)12-8-11(15(17,18)19)5-6-13(12)16/h3-9,14,21H,2H2,1H3. The molecule has 0 saturated carbocycles. The van der Waals surface area contributed by atoms with Crippen LogP contribution in [0, 0.1) is 5.82 Å². The van der Waals surface area contributed by atoms with Crippen LogP contribution in [0.1, 0.15) is 29.7 Å². The van der Waals surface area contributed by atoms with E-state index >= 15 is 0 Å². The number of nitrogens with one attached hydrogen (secondary N) is 1. The van der Waals surface area contributed by atoms with Crippen LogP contribution in [0.25, 0.3) is 0 Å². The maximum atomic E-state index is 14.0. The lowest BCUT2D eigenvalue weighted by atomic mass is 9.97. The van der Waals surface area contributed by atoms with Crippen molar-refractivity contribution in [3.05, 3.63) is 65.2 Å². The zero-order valence-corrected chi connectivity index (χ0v) is 11.3. The molecule has 1 aromatic carbocycles. The number of nitrogens with zero attached hydrogens (tertiary/aromatic N) is 1. The first-order chi connectivity index (χ1) is 9.93. The fourth-order valence-electron chi connectivity index (χ4n) is 2.10. The van der Waals surface area contributed by atoms with Crippen LogP contribution >= 0.6 is 0 Å². The van der Waals surface area contributed by atoms with Crippen molar-refractivity contribution in [1.82, 2.24) is 10.3 Å². The molecule has 2 rings (SSSR count). The van der Waals surface area contributed by atoms with Crippen LogP contribution in [-0.2, 0) is 6.18 Å². The number of hydrogen-bond donors (Lipinski definition) is 1. The van der Waals surface area contributed by atoms with E-state index in [-0.39, 0.29) is 5.56 Å². The van der Waals surface area contributed by atoms with Gasteiger partial charge in [0.25, 0.3) is 0 Å². The number of hydrogen-bond acceptors (Lipinski definition) is 2. The van der Waals surface area contributed by atoms with Gasteiger partial charge in [-0.15, -0.1) is 0 Å². The third kappa shape index (κ3) is 3.58. The van der Waals surface area contributed by atoms with Gasteiger partial charge >= 0.3 is 6.18 Å². The first-order valence-electron chi connectivity index (χ1n) is 6.43. The van der Waals surface area contributed by atoms with E-state index in [0.717, 1.165) is 18.2 Å². The summed E-state index contributed by atoms with van der Waals surface area (Å²) in [5.41, 5.74) is -0.303. The summed E-state index contributed by atoms with van der Waals surface area (Å²) in [6, 6.07) is 5.11. The first kappa shape index (κ1) is 15.4. The van der Waals surface area contributed by atoms with Crippen molar-refractivity contribution < 1.29 is 17.6 Å². The summed E-state index contributed by atoms with van der Waals surface area (Å²) in [5.74, 6) is -0.683. The lowest BCUT2D eigenvalue weighted by Crippen LogP contribution is -2.23. The van der Waals surface area contributed by atoms with Crippen LogP contribution in [0.4, 0.5) is 17.6 Å². The molecule has 21 heavy (non-hydrogen) atoms. The van der Waals surface area contributed by atoms with Gasteiger partial charge < -0.3 is 5.32 Å². The summed E-state index contributed by atoms with van der Waals surface area (Å²) in [6.45, 7) is 2.28. The largest absolute Gasteiger partial charge is 0.416 e. The molecule has 0 radical (unpaired) electrons. The minimum absolute atomic E-state index is 0.0420. The van der Waals surface area contributed by atoms with Gasteiger partial charge in [-0.25, -0.2) is 4.39 Å². The Hall–Kier alpha value is -1.95. The maximum Gasteiger partial charge on any atom is 0.416 e.